The zero-order valence-corrected chi connectivity index (χ0v) is 10.2. The largest absolute Gasteiger partial charge is 0.481 e. The Bertz CT molecular complexity index is 610. The lowest BCUT2D eigenvalue weighted by atomic mass is 9.99. The van der Waals surface area contributed by atoms with Crippen LogP contribution in [0.2, 0.25) is 5.15 Å². The fourth-order valence-corrected chi connectivity index (χ4v) is 2.59. The summed E-state index contributed by atoms with van der Waals surface area (Å²) >= 11 is 5.94. The first-order chi connectivity index (χ1) is 8.65. The van der Waals surface area contributed by atoms with E-state index < -0.39 is 5.97 Å². The lowest BCUT2D eigenvalue weighted by molar-refractivity contribution is -0.141. The van der Waals surface area contributed by atoms with Crippen LogP contribution in [0.15, 0.2) is 18.2 Å². The second-order valence-electron chi connectivity index (χ2n) is 4.55. The fourth-order valence-electron chi connectivity index (χ4n) is 2.39. The summed E-state index contributed by atoms with van der Waals surface area (Å²) in [6, 6.07) is 5.89. The van der Waals surface area contributed by atoms with Crippen molar-refractivity contribution in [2.45, 2.75) is 12.5 Å². The maximum absolute atomic E-state index is 10.9. The zero-order valence-electron chi connectivity index (χ0n) is 9.48. The Morgan fingerprint density at radius 3 is 3.06 bits per heavy atom. The molecule has 6 heteroatoms. The van der Waals surface area contributed by atoms with Crippen molar-refractivity contribution in [2.75, 3.05) is 6.54 Å². The number of halogens is 1. The lowest BCUT2D eigenvalue weighted by Gasteiger charge is -2.10. The molecule has 0 amide bonds. The molecule has 1 aliphatic rings. The van der Waals surface area contributed by atoms with Gasteiger partial charge < -0.3 is 10.4 Å². The van der Waals surface area contributed by atoms with Gasteiger partial charge in [0.05, 0.1) is 11.4 Å². The van der Waals surface area contributed by atoms with Gasteiger partial charge in [0.25, 0.3) is 0 Å². The summed E-state index contributed by atoms with van der Waals surface area (Å²) in [5.74, 6) is -1.05. The predicted octanol–water partition coefficient (Wildman–Crippen LogP) is 1.95. The number of rotatable bonds is 2. The Morgan fingerprint density at radius 1 is 1.50 bits per heavy atom. The highest BCUT2D eigenvalue weighted by atomic mass is 35.5. The SMILES string of the molecule is O=C(O)C1CNC(c2ccc3c(Cl)[nH]nc3c2)C1. The number of nitrogens with zero attached hydrogens (tertiary/aromatic N) is 1. The molecule has 94 valence electrons. The molecular formula is C12H12ClN3O2. The molecule has 2 atom stereocenters. The van der Waals surface area contributed by atoms with Gasteiger partial charge in [-0.05, 0) is 24.1 Å². The number of aromatic amines is 1. The summed E-state index contributed by atoms with van der Waals surface area (Å²) in [6.45, 7) is 0.513. The Balaban J connectivity index is 1.89. The molecule has 3 N–H and O–H groups in total. The maximum atomic E-state index is 10.9. The third-order valence-corrected chi connectivity index (χ3v) is 3.70. The van der Waals surface area contributed by atoms with Crippen molar-refractivity contribution >= 4 is 28.5 Å². The molecule has 1 aliphatic heterocycles. The smallest absolute Gasteiger partial charge is 0.307 e. The Morgan fingerprint density at radius 2 is 2.33 bits per heavy atom. The van der Waals surface area contributed by atoms with Gasteiger partial charge in [-0.2, -0.15) is 5.10 Å². The van der Waals surface area contributed by atoms with Crippen molar-refractivity contribution in [3.8, 4) is 0 Å². The molecule has 0 bridgehead atoms. The first-order valence-corrected chi connectivity index (χ1v) is 6.12. The topological polar surface area (TPSA) is 78.0 Å². The van der Waals surface area contributed by atoms with Gasteiger partial charge in [0.15, 0.2) is 0 Å². The van der Waals surface area contributed by atoms with E-state index in [2.05, 4.69) is 15.5 Å². The van der Waals surface area contributed by atoms with Crippen LogP contribution in [0, 0.1) is 5.92 Å². The van der Waals surface area contributed by atoms with Gasteiger partial charge in [-0.15, -0.1) is 0 Å². The Labute approximate surface area is 108 Å². The highest BCUT2D eigenvalue weighted by molar-refractivity contribution is 6.34. The number of aliphatic carboxylic acids is 1. The van der Waals surface area contributed by atoms with Gasteiger partial charge in [-0.25, -0.2) is 0 Å². The lowest BCUT2D eigenvalue weighted by Crippen LogP contribution is -2.17. The van der Waals surface area contributed by atoms with Crippen molar-refractivity contribution in [1.29, 1.82) is 0 Å². The van der Waals surface area contributed by atoms with E-state index >= 15 is 0 Å². The fraction of sp³-hybridized carbons (Fsp3) is 0.333. The van der Waals surface area contributed by atoms with E-state index in [-0.39, 0.29) is 12.0 Å². The van der Waals surface area contributed by atoms with E-state index in [9.17, 15) is 4.79 Å². The predicted molar refractivity (Wildman–Crippen MR) is 67.6 cm³/mol. The molecule has 1 saturated heterocycles. The van der Waals surface area contributed by atoms with E-state index in [1.807, 2.05) is 18.2 Å². The second-order valence-corrected chi connectivity index (χ2v) is 4.92. The number of hydrogen-bond acceptors (Lipinski definition) is 3. The zero-order chi connectivity index (χ0) is 12.7. The van der Waals surface area contributed by atoms with Crippen molar-refractivity contribution in [2.24, 2.45) is 5.92 Å². The standard InChI is InChI=1S/C12H12ClN3O2/c13-11-8-2-1-6(3-10(8)15-16-11)9-4-7(5-14-9)12(17)18/h1-3,7,9,14H,4-5H2,(H,15,16)(H,17,18). The van der Waals surface area contributed by atoms with Gasteiger partial charge >= 0.3 is 5.97 Å². The molecule has 5 nitrogen and oxygen atoms in total. The number of carboxylic acids is 1. The molecule has 2 heterocycles. The summed E-state index contributed by atoms with van der Waals surface area (Å²) in [5.41, 5.74) is 1.85. The molecule has 2 aromatic rings. The minimum absolute atomic E-state index is 0.0750. The summed E-state index contributed by atoms with van der Waals surface area (Å²) < 4.78 is 0. The Hall–Kier alpha value is -1.59. The highest BCUT2D eigenvalue weighted by Gasteiger charge is 2.30. The van der Waals surface area contributed by atoms with E-state index in [1.165, 1.54) is 0 Å². The third-order valence-electron chi connectivity index (χ3n) is 3.42. The minimum atomic E-state index is -0.742. The highest BCUT2D eigenvalue weighted by Crippen LogP contribution is 2.30. The summed E-state index contributed by atoms with van der Waals surface area (Å²) in [5, 5.41) is 20.4. The van der Waals surface area contributed by atoms with Crippen LogP contribution in [-0.2, 0) is 4.79 Å². The summed E-state index contributed by atoms with van der Waals surface area (Å²) in [7, 11) is 0. The number of hydrogen-bond donors (Lipinski definition) is 3. The monoisotopic (exact) mass is 265 g/mol. The Kier molecular flexibility index (Phi) is 2.72. The van der Waals surface area contributed by atoms with Crippen molar-refractivity contribution in [1.82, 2.24) is 15.5 Å². The second kappa shape index (κ2) is 4.26. The van der Waals surface area contributed by atoms with E-state index in [0.717, 1.165) is 16.5 Å². The molecule has 18 heavy (non-hydrogen) atoms. The molecule has 1 aromatic carbocycles. The van der Waals surface area contributed by atoms with Gasteiger partial charge in [-0.1, -0.05) is 17.7 Å². The van der Waals surface area contributed by atoms with Gasteiger partial charge in [0.1, 0.15) is 5.15 Å². The quantitative estimate of drug-likeness (QED) is 0.776. The van der Waals surface area contributed by atoms with Gasteiger partial charge in [0.2, 0.25) is 0 Å². The number of nitrogens with one attached hydrogen (secondary N) is 2. The molecule has 1 aromatic heterocycles. The first-order valence-electron chi connectivity index (χ1n) is 5.75. The van der Waals surface area contributed by atoms with E-state index in [0.29, 0.717) is 18.1 Å². The van der Waals surface area contributed by atoms with Crippen molar-refractivity contribution in [3.63, 3.8) is 0 Å². The first kappa shape index (κ1) is 11.5. The van der Waals surface area contributed by atoms with Crippen LogP contribution >= 0.6 is 11.6 Å². The van der Waals surface area contributed by atoms with E-state index in [4.69, 9.17) is 16.7 Å². The molecule has 0 radical (unpaired) electrons. The van der Waals surface area contributed by atoms with Crippen LogP contribution in [0.3, 0.4) is 0 Å². The molecule has 0 aliphatic carbocycles. The summed E-state index contributed by atoms with van der Waals surface area (Å²) in [6.07, 6.45) is 0.610. The third kappa shape index (κ3) is 1.85. The number of aromatic nitrogens is 2. The van der Waals surface area contributed by atoms with Crippen LogP contribution in [0.1, 0.15) is 18.0 Å². The van der Waals surface area contributed by atoms with Gasteiger partial charge in [-0.3, -0.25) is 9.89 Å². The van der Waals surface area contributed by atoms with Crippen LogP contribution in [0.25, 0.3) is 10.9 Å². The minimum Gasteiger partial charge on any atom is -0.481 e. The molecule has 0 saturated carbocycles. The van der Waals surface area contributed by atoms with Crippen molar-refractivity contribution in [3.05, 3.63) is 28.9 Å². The number of carboxylic acid groups (broad SMARTS) is 1. The number of H-pyrrole nitrogens is 1. The average Bonchev–Trinajstić information content (AvgIpc) is 2.96. The van der Waals surface area contributed by atoms with Crippen LogP contribution in [0.4, 0.5) is 0 Å². The van der Waals surface area contributed by atoms with Gasteiger partial charge in [0, 0.05) is 18.0 Å². The van der Waals surface area contributed by atoms with E-state index in [1.54, 1.807) is 0 Å². The van der Waals surface area contributed by atoms with Crippen molar-refractivity contribution < 1.29 is 9.90 Å². The number of benzene rings is 1. The summed E-state index contributed by atoms with van der Waals surface area (Å²) in [4.78, 5) is 10.9. The molecule has 0 spiro atoms. The molecule has 2 unspecified atom stereocenters. The van der Waals surface area contributed by atoms with Crippen LogP contribution in [0.5, 0.6) is 0 Å². The maximum Gasteiger partial charge on any atom is 0.307 e. The number of fused-ring (bicyclic) bond motifs is 1. The average molecular weight is 266 g/mol. The normalized spacial score (nSPS) is 23.6. The molecule has 3 rings (SSSR count). The molecule has 1 fully saturated rings. The van der Waals surface area contributed by atoms with Crippen LogP contribution in [-0.4, -0.2) is 27.8 Å². The number of carbonyl (C=O) groups is 1. The molecular weight excluding hydrogens is 254 g/mol. The van der Waals surface area contributed by atoms with Crippen LogP contribution < -0.4 is 5.32 Å².